The van der Waals surface area contributed by atoms with Crippen LogP contribution in [0.25, 0.3) is 10.4 Å². The van der Waals surface area contributed by atoms with Crippen molar-refractivity contribution in [2.75, 3.05) is 24.4 Å². The minimum atomic E-state index is -0.443. The minimum absolute atomic E-state index is 0.119. The van der Waals surface area contributed by atoms with Crippen LogP contribution in [0.5, 0.6) is 0 Å². The normalized spacial score (nSPS) is 11.9. The number of ether oxygens (including phenoxy) is 1. The number of benzene rings is 2. The highest BCUT2D eigenvalue weighted by Crippen LogP contribution is 2.39. The summed E-state index contributed by atoms with van der Waals surface area (Å²) in [7, 11) is 2.97. The van der Waals surface area contributed by atoms with E-state index in [1.54, 1.807) is 31.3 Å². The summed E-state index contributed by atoms with van der Waals surface area (Å²) < 4.78 is 4.70. The van der Waals surface area contributed by atoms with E-state index in [0.717, 1.165) is 12.8 Å². The SMILES string of the molecule is COC(=O)N(C)c1ccc(NC(=O)c2cc3c(s2)-c2ccccc2CC3)cc1. The Bertz CT molecular complexity index is 1040. The fraction of sp³-hybridized carbons (Fsp3) is 0.182. The maximum absolute atomic E-state index is 12.7. The van der Waals surface area contributed by atoms with Gasteiger partial charge in [-0.2, -0.15) is 0 Å². The van der Waals surface area contributed by atoms with Crippen molar-refractivity contribution in [3.8, 4) is 10.4 Å². The number of rotatable bonds is 3. The zero-order chi connectivity index (χ0) is 19.7. The first-order valence-electron chi connectivity index (χ1n) is 9.01. The smallest absolute Gasteiger partial charge is 0.413 e. The first-order valence-corrected chi connectivity index (χ1v) is 9.82. The third-order valence-corrected chi connectivity index (χ3v) is 6.13. The maximum atomic E-state index is 12.7. The predicted octanol–water partition coefficient (Wildman–Crippen LogP) is 4.97. The second-order valence-corrected chi connectivity index (χ2v) is 7.70. The van der Waals surface area contributed by atoms with Gasteiger partial charge in [-0.15, -0.1) is 11.3 Å². The van der Waals surface area contributed by atoms with Gasteiger partial charge in [-0.25, -0.2) is 4.79 Å². The van der Waals surface area contributed by atoms with E-state index in [-0.39, 0.29) is 5.91 Å². The number of hydrogen-bond acceptors (Lipinski definition) is 4. The molecule has 1 N–H and O–H groups in total. The van der Waals surface area contributed by atoms with Gasteiger partial charge in [0.1, 0.15) is 0 Å². The fourth-order valence-electron chi connectivity index (χ4n) is 3.39. The van der Waals surface area contributed by atoms with Crippen molar-refractivity contribution in [2.24, 2.45) is 0 Å². The average Bonchev–Trinajstić information content (AvgIpc) is 3.18. The van der Waals surface area contributed by atoms with Crippen LogP contribution in [0.1, 0.15) is 20.8 Å². The molecule has 2 amide bonds. The standard InChI is InChI=1S/C22H20N2O3S/c1-24(22(26)27-2)17-11-9-16(10-12-17)23-21(25)19-13-15-8-7-14-5-3-4-6-18(14)20(15)28-19/h3-6,9-13H,7-8H2,1-2H3,(H,23,25). The number of fused-ring (bicyclic) bond motifs is 3. The fourth-order valence-corrected chi connectivity index (χ4v) is 4.55. The molecule has 0 unspecified atom stereocenters. The molecule has 1 aliphatic carbocycles. The molecule has 6 heteroatoms. The number of amides is 2. The van der Waals surface area contributed by atoms with Crippen LogP contribution >= 0.6 is 11.3 Å². The van der Waals surface area contributed by atoms with Crippen molar-refractivity contribution in [3.05, 3.63) is 70.6 Å². The predicted molar refractivity (Wildman–Crippen MR) is 112 cm³/mol. The number of nitrogens with zero attached hydrogens (tertiary/aromatic N) is 1. The van der Waals surface area contributed by atoms with E-state index in [2.05, 4.69) is 23.5 Å². The van der Waals surface area contributed by atoms with E-state index in [9.17, 15) is 9.59 Å². The molecule has 0 spiro atoms. The Morgan fingerprint density at radius 1 is 1.04 bits per heavy atom. The molecule has 0 saturated heterocycles. The molecule has 28 heavy (non-hydrogen) atoms. The Morgan fingerprint density at radius 2 is 1.75 bits per heavy atom. The molecule has 0 fully saturated rings. The zero-order valence-electron chi connectivity index (χ0n) is 15.7. The molecule has 0 bridgehead atoms. The Labute approximate surface area is 167 Å². The van der Waals surface area contributed by atoms with E-state index in [0.29, 0.717) is 16.3 Å². The van der Waals surface area contributed by atoms with Gasteiger partial charge in [-0.1, -0.05) is 24.3 Å². The van der Waals surface area contributed by atoms with Crippen LogP contribution in [0.15, 0.2) is 54.6 Å². The molecule has 1 aromatic heterocycles. The van der Waals surface area contributed by atoms with Crippen LogP contribution in [-0.2, 0) is 17.6 Å². The Morgan fingerprint density at radius 3 is 2.50 bits per heavy atom. The lowest BCUT2D eigenvalue weighted by molar-refractivity contribution is 0.103. The second-order valence-electron chi connectivity index (χ2n) is 6.65. The Balaban J connectivity index is 1.51. The summed E-state index contributed by atoms with van der Waals surface area (Å²) in [5, 5.41) is 2.94. The number of nitrogens with one attached hydrogen (secondary N) is 1. The highest BCUT2D eigenvalue weighted by molar-refractivity contribution is 7.17. The molecule has 1 heterocycles. The Kier molecular flexibility index (Phi) is 4.88. The first kappa shape index (κ1) is 18.3. The summed E-state index contributed by atoms with van der Waals surface area (Å²) in [6.07, 6.45) is 1.53. The topological polar surface area (TPSA) is 58.6 Å². The van der Waals surface area contributed by atoms with Crippen LogP contribution in [0.2, 0.25) is 0 Å². The summed E-state index contributed by atoms with van der Waals surface area (Å²) >= 11 is 1.54. The van der Waals surface area contributed by atoms with Crippen molar-refractivity contribution in [2.45, 2.75) is 12.8 Å². The van der Waals surface area contributed by atoms with Crippen molar-refractivity contribution < 1.29 is 14.3 Å². The summed E-state index contributed by atoms with van der Waals surface area (Å²) in [6.45, 7) is 0. The molecule has 5 nitrogen and oxygen atoms in total. The second kappa shape index (κ2) is 7.48. The quantitative estimate of drug-likeness (QED) is 0.685. The van der Waals surface area contributed by atoms with Crippen molar-refractivity contribution in [1.82, 2.24) is 0 Å². The molecule has 3 aromatic rings. The molecule has 0 atom stereocenters. The van der Waals surface area contributed by atoms with Crippen LogP contribution in [0, 0.1) is 0 Å². The highest BCUT2D eigenvalue weighted by Gasteiger charge is 2.21. The van der Waals surface area contributed by atoms with Gasteiger partial charge < -0.3 is 10.1 Å². The van der Waals surface area contributed by atoms with Gasteiger partial charge in [0.05, 0.1) is 12.0 Å². The largest absolute Gasteiger partial charge is 0.452 e. The van der Waals surface area contributed by atoms with Gasteiger partial charge in [-0.3, -0.25) is 9.69 Å². The zero-order valence-corrected chi connectivity index (χ0v) is 16.5. The molecule has 4 rings (SSSR count). The van der Waals surface area contributed by atoms with Crippen LogP contribution in [-0.4, -0.2) is 26.2 Å². The summed E-state index contributed by atoms with van der Waals surface area (Å²) in [4.78, 5) is 27.6. The molecular formula is C22H20N2O3S. The van der Waals surface area contributed by atoms with E-state index in [4.69, 9.17) is 4.74 Å². The number of thiophene rings is 1. The molecular weight excluding hydrogens is 372 g/mol. The monoisotopic (exact) mass is 392 g/mol. The average molecular weight is 392 g/mol. The minimum Gasteiger partial charge on any atom is -0.452 e. The number of aryl methyl sites for hydroxylation is 2. The molecule has 0 aliphatic heterocycles. The maximum Gasteiger partial charge on any atom is 0.413 e. The van der Waals surface area contributed by atoms with Gasteiger partial charge in [0, 0.05) is 23.3 Å². The molecule has 2 aromatic carbocycles. The lowest BCUT2D eigenvalue weighted by atomic mass is 9.91. The van der Waals surface area contributed by atoms with Gasteiger partial charge in [-0.05, 0) is 59.9 Å². The van der Waals surface area contributed by atoms with Crippen molar-refractivity contribution in [3.63, 3.8) is 0 Å². The third kappa shape index (κ3) is 3.39. The van der Waals surface area contributed by atoms with Gasteiger partial charge in [0.15, 0.2) is 0 Å². The van der Waals surface area contributed by atoms with E-state index in [1.807, 2.05) is 12.1 Å². The highest BCUT2D eigenvalue weighted by atomic mass is 32.1. The summed E-state index contributed by atoms with van der Waals surface area (Å²) in [6, 6.07) is 17.5. The van der Waals surface area contributed by atoms with Crippen LogP contribution in [0.3, 0.4) is 0 Å². The Hall–Kier alpha value is -3.12. The lowest BCUT2D eigenvalue weighted by Gasteiger charge is -2.15. The molecule has 142 valence electrons. The number of carbonyl (C=O) groups is 2. The van der Waals surface area contributed by atoms with E-state index in [1.165, 1.54) is 44.9 Å². The van der Waals surface area contributed by atoms with Gasteiger partial charge >= 0.3 is 6.09 Å². The van der Waals surface area contributed by atoms with E-state index >= 15 is 0 Å². The summed E-state index contributed by atoms with van der Waals surface area (Å²) in [5.41, 5.74) is 5.19. The first-order chi connectivity index (χ1) is 13.6. The van der Waals surface area contributed by atoms with E-state index < -0.39 is 6.09 Å². The third-order valence-electron chi connectivity index (χ3n) is 4.92. The van der Waals surface area contributed by atoms with Crippen molar-refractivity contribution >= 4 is 34.7 Å². The number of hydrogen-bond donors (Lipinski definition) is 1. The number of carbonyl (C=O) groups excluding carboxylic acids is 2. The molecule has 0 radical (unpaired) electrons. The van der Waals surface area contributed by atoms with Gasteiger partial charge in [0.25, 0.3) is 5.91 Å². The van der Waals surface area contributed by atoms with Crippen LogP contribution < -0.4 is 10.2 Å². The van der Waals surface area contributed by atoms with Crippen LogP contribution in [0.4, 0.5) is 16.2 Å². The number of methoxy groups -OCH3 is 1. The lowest BCUT2D eigenvalue weighted by Crippen LogP contribution is -2.25. The van der Waals surface area contributed by atoms with Crippen molar-refractivity contribution in [1.29, 1.82) is 0 Å². The molecule has 1 aliphatic rings. The molecule has 0 saturated carbocycles. The van der Waals surface area contributed by atoms with Gasteiger partial charge in [0.2, 0.25) is 0 Å². The number of anilines is 2. The summed E-state index contributed by atoms with van der Waals surface area (Å²) in [5.74, 6) is -0.119.